The molecule has 2 aliphatic carbocycles. The molecule has 0 unspecified atom stereocenters. The lowest BCUT2D eigenvalue weighted by Crippen LogP contribution is -2.36. The van der Waals surface area contributed by atoms with Gasteiger partial charge in [0.15, 0.2) is 0 Å². The average Bonchev–Trinajstić information content (AvgIpc) is 3.24. The molecular formula is C15H22ClN3O. The van der Waals surface area contributed by atoms with Crippen molar-refractivity contribution in [3.63, 3.8) is 0 Å². The highest BCUT2D eigenvalue weighted by Gasteiger charge is 2.29. The summed E-state index contributed by atoms with van der Waals surface area (Å²) in [6.45, 7) is 0.546. The second-order valence-corrected chi connectivity index (χ2v) is 6.59. The van der Waals surface area contributed by atoms with Crippen molar-refractivity contribution in [2.45, 2.75) is 62.9 Å². The number of anilines is 1. The summed E-state index contributed by atoms with van der Waals surface area (Å²) in [6, 6.07) is 1.74. The van der Waals surface area contributed by atoms with Gasteiger partial charge in [-0.1, -0.05) is 37.3 Å². The number of nitrogens with one attached hydrogen (secondary N) is 1. The molecule has 0 aromatic carbocycles. The zero-order valence-corrected chi connectivity index (χ0v) is 12.5. The minimum atomic E-state index is -0.604. The summed E-state index contributed by atoms with van der Waals surface area (Å²) in [5, 5.41) is 14.4. The SMILES string of the molecule is OC1(CNc2cc(Cl)nc(C3CC3)n2)CCCCCC1. The topological polar surface area (TPSA) is 58.0 Å². The van der Waals surface area contributed by atoms with Crippen LogP contribution in [0, 0.1) is 0 Å². The lowest BCUT2D eigenvalue weighted by Gasteiger charge is -2.27. The minimum Gasteiger partial charge on any atom is -0.388 e. The lowest BCUT2D eigenvalue weighted by atomic mass is 9.94. The number of hydrogen-bond donors (Lipinski definition) is 2. The molecule has 110 valence electrons. The van der Waals surface area contributed by atoms with Crippen LogP contribution in [0.5, 0.6) is 0 Å². The van der Waals surface area contributed by atoms with Gasteiger partial charge in [-0.05, 0) is 25.7 Å². The first-order chi connectivity index (χ1) is 9.65. The van der Waals surface area contributed by atoms with E-state index in [0.717, 1.165) is 50.2 Å². The molecular weight excluding hydrogens is 274 g/mol. The van der Waals surface area contributed by atoms with Crippen molar-refractivity contribution < 1.29 is 5.11 Å². The first-order valence-electron chi connectivity index (χ1n) is 7.65. The Labute approximate surface area is 125 Å². The largest absolute Gasteiger partial charge is 0.388 e. The Balaban J connectivity index is 1.65. The van der Waals surface area contributed by atoms with Crippen molar-refractivity contribution in [1.82, 2.24) is 9.97 Å². The quantitative estimate of drug-likeness (QED) is 0.659. The van der Waals surface area contributed by atoms with Gasteiger partial charge in [0.05, 0.1) is 5.60 Å². The van der Waals surface area contributed by atoms with E-state index >= 15 is 0 Å². The van der Waals surface area contributed by atoms with E-state index in [4.69, 9.17) is 11.6 Å². The van der Waals surface area contributed by atoms with E-state index in [9.17, 15) is 5.11 Å². The van der Waals surface area contributed by atoms with E-state index in [1.54, 1.807) is 6.07 Å². The van der Waals surface area contributed by atoms with Crippen molar-refractivity contribution in [3.8, 4) is 0 Å². The van der Waals surface area contributed by atoms with Crippen molar-refractivity contribution in [2.24, 2.45) is 0 Å². The monoisotopic (exact) mass is 295 g/mol. The summed E-state index contributed by atoms with van der Waals surface area (Å²) in [5.74, 6) is 2.06. The number of halogens is 1. The molecule has 0 saturated heterocycles. The number of rotatable bonds is 4. The van der Waals surface area contributed by atoms with Crippen LogP contribution < -0.4 is 5.32 Å². The van der Waals surface area contributed by atoms with Crippen LogP contribution in [0.15, 0.2) is 6.07 Å². The molecule has 0 spiro atoms. The summed E-state index contributed by atoms with van der Waals surface area (Å²) in [4.78, 5) is 8.79. The molecule has 0 bridgehead atoms. The van der Waals surface area contributed by atoms with Gasteiger partial charge in [0, 0.05) is 18.5 Å². The van der Waals surface area contributed by atoms with E-state index in [0.29, 0.717) is 17.6 Å². The maximum absolute atomic E-state index is 10.6. The second-order valence-electron chi connectivity index (χ2n) is 6.20. The third-order valence-electron chi connectivity index (χ3n) is 4.29. The van der Waals surface area contributed by atoms with Crippen LogP contribution in [-0.2, 0) is 0 Å². The van der Waals surface area contributed by atoms with Gasteiger partial charge in [0.25, 0.3) is 0 Å². The fraction of sp³-hybridized carbons (Fsp3) is 0.733. The normalized spacial score (nSPS) is 22.3. The molecule has 20 heavy (non-hydrogen) atoms. The highest BCUT2D eigenvalue weighted by atomic mass is 35.5. The average molecular weight is 296 g/mol. The molecule has 3 rings (SSSR count). The fourth-order valence-corrected chi connectivity index (χ4v) is 3.06. The highest BCUT2D eigenvalue weighted by molar-refractivity contribution is 6.29. The summed E-state index contributed by atoms with van der Waals surface area (Å²) >= 11 is 6.05. The van der Waals surface area contributed by atoms with Gasteiger partial charge in [0.2, 0.25) is 0 Å². The zero-order chi connectivity index (χ0) is 14.0. The van der Waals surface area contributed by atoms with Crippen LogP contribution in [0.25, 0.3) is 0 Å². The molecule has 2 saturated carbocycles. The fourth-order valence-electron chi connectivity index (χ4n) is 2.87. The first kappa shape index (κ1) is 14.1. The summed E-state index contributed by atoms with van der Waals surface area (Å²) < 4.78 is 0. The smallest absolute Gasteiger partial charge is 0.135 e. The zero-order valence-electron chi connectivity index (χ0n) is 11.7. The van der Waals surface area contributed by atoms with Crippen molar-refractivity contribution in [2.75, 3.05) is 11.9 Å². The van der Waals surface area contributed by atoms with Crippen molar-refractivity contribution >= 4 is 17.4 Å². The van der Waals surface area contributed by atoms with Gasteiger partial charge in [-0.3, -0.25) is 0 Å². The standard InChI is InChI=1S/C15H22ClN3O/c16-12-9-13(19-14(18-12)11-5-6-11)17-10-15(20)7-3-1-2-4-8-15/h9,11,20H,1-8,10H2,(H,17,18,19). The number of aliphatic hydroxyl groups is 1. The molecule has 0 atom stereocenters. The molecule has 0 amide bonds. The van der Waals surface area contributed by atoms with Gasteiger partial charge < -0.3 is 10.4 Å². The molecule has 0 radical (unpaired) electrons. The molecule has 1 aromatic heterocycles. The minimum absolute atomic E-state index is 0.482. The highest BCUT2D eigenvalue weighted by Crippen LogP contribution is 2.38. The number of nitrogens with zero attached hydrogens (tertiary/aromatic N) is 2. The van der Waals surface area contributed by atoms with E-state index in [1.165, 1.54) is 12.8 Å². The van der Waals surface area contributed by atoms with Crippen LogP contribution >= 0.6 is 11.6 Å². The summed E-state index contributed by atoms with van der Waals surface area (Å²) in [5.41, 5.74) is -0.604. The third-order valence-corrected chi connectivity index (χ3v) is 4.48. The predicted molar refractivity (Wildman–Crippen MR) is 80.2 cm³/mol. The van der Waals surface area contributed by atoms with Gasteiger partial charge in [0.1, 0.15) is 16.8 Å². The number of aromatic nitrogens is 2. The molecule has 2 fully saturated rings. The summed E-state index contributed by atoms with van der Waals surface area (Å²) in [7, 11) is 0. The first-order valence-corrected chi connectivity index (χ1v) is 8.03. The maximum atomic E-state index is 10.6. The van der Waals surface area contributed by atoms with Crippen molar-refractivity contribution in [3.05, 3.63) is 17.0 Å². The van der Waals surface area contributed by atoms with E-state index in [2.05, 4.69) is 15.3 Å². The van der Waals surface area contributed by atoms with Gasteiger partial charge in [-0.2, -0.15) is 0 Å². The molecule has 2 N–H and O–H groups in total. The lowest BCUT2D eigenvalue weighted by molar-refractivity contribution is 0.0380. The Bertz CT molecular complexity index is 468. The molecule has 4 nitrogen and oxygen atoms in total. The van der Waals surface area contributed by atoms with Gasteiger partial charge >= 0.3 is 0 Å². The van der Waals surface area contributed by atoms with Crippen LogP contribution in [-0.4, -0.2) is 27.2 Å². The van der Waals surface area contributed by atoms with Crippen molar-refractivity contribution in [1.29, 1.82) is 0 Å². The predicted octanol–water partition coefficient (Wildman–Crippen LogP) is 3.50. The Morgan fingerprint density at radius 2 is 1.90 bits per heavy atom. The van der Waals surface area contributed by atoms with Gasteiger partial charge in [-0.15, -0.1) is 0 Å². The summed E-state index contributed by atoms with van der Waals surface area (Å²) in [6.07, 6.45) is 8.73. The van der Waals surface area contributed by atoms with E-state index < -0.39 is 5.60 Å². The Morgan fingerprint density at radius 1 is 1.20 bits per heavy atom. The molecule has 2 aliphatic rings. The molecule has 0 aliphatic heterocycles. The van der Waals surface area contributed by atoms with Crippen LogP contribution in [0.4, 0.5) is 5.82 Å². The van der Waals surface area contributed by atoms with E-state index in [1.807, 2.05) is 0 Å². The molecule has 1 heterocycles. The molecule has 1 aromatic rings. The van der Waals surface area contributed by atoms with Crippen LogP contribution in [0.1, 0.15) is 63.1 Å². The second kappa shape index (κ2) is 5.86. The van der Waals surface area contributed by atoms with E-state index in [-0.39, 0.29) is 0 Å². The van der Waals surface area contributed by atoms with Gasteiger partial charge in [-0.25, -0.2) is 9.97 Å². The molecule has 5 heteroatoms. The maximum Gasteiger partial charge on any atom is 0.135 e. The van der Waals surface area contributed by atoms with Crippen LogP contribution in [0.2, 0.25) is 5.15 Å². The third kappa shape index (κ3) is 3.61. The Kier molecular flexibility index (Phi) is 4.13. The Morgan fingerprint density at radius 3 is 2.55 bits per heavy atom. The van der Waals surface area contributed by atoms with Crippen LogP contribution in [0.3, 0.4) is 0 Å². The number of hydrogen-bond acceptors (Lipinski definition) is 4. The Hall–Kier alpha value is -0.870.